The highest BCUT2D eigenvalue weighted by atomic mass is 32.2. The first-order chi connectivity index (χ1) is 25.3. The van der Waals surface area contributed by atoms with E-state index in [1.54, 1.807) is 0 Å². The normalized spacial score (nSPS) is 16.4. The molecule has 240 valence electrons. The van der Waals surface area contributed by atoms with Crippen molar-refractivity contribution in [1.82, 2.24) is 19.1 Å². The number of para-hydroxylation sites is 3. The summed E-state index contributed by atoms with van der Waals surface area (Å²) >= 11 is 1.99. The number of allylic oxidation sites excluding steroid dienone is 3. The fourth-order valence-electron chi connectivity index (χ4n) is 8.27. The molecule has 11 rings (SSSR count). The van der Waals surface area contributed by atoms with E-state index in [9.17, 15) is 0 Å². The van der Waals surface area contributed by atoms with Crippen molar-refractivity contribution in [3.63, 3.8) is 0 Å². The fraction of sp³-hybridized carbons (Fsp3) is 0.0435. The van der Waals surface area contributed by atoms with Crippen molar-refractivity contribution in [3.8, 4) is 34.0 Å². The number of benzene rings is 6. The van der Waals surface area contributed by atoms with Crippen molar-refractivity contribution < 1.29 is 0 Å². The summed E-state index contributed by atoms with van der Waals surface area (Å²) in [6, 6.07) is 50.2. The monoisotopic (exact) mass is 670 g/mol. The van der Waals surface area contributed by atoms with Crippen molar-refractivity contribution in [2.24, 2.45) is 0 Å². The second-order valence-corrected chi connectivity index (χ2v) is 14.5. The van der Waals surface area contributed by atoms with Crippen LogP contribution in [-0.2, 0) is 0 Å². The van der Waals surface area contributed by atoms with E-state index in [4.69, 9.17) is 9.97 Å². The quantitative estimate of drug-likeness (QED) is 0.187. The molecule has 4 heterocycles. The Morgan fingerprint density at radius 2 is 1.22 bits per heavy atom. The van der Waals surface area contributed by atoms with E-state index in [1.807, 2.05) is 24.0 Å². The lowest BCUT2D eigenvalue weighted by molar-refractivity contribution is 0.881. The summed E-state index contributed by atoms with van der Waals surface area (Å²) in [5.74, 6) is 1.10. The molecule has 0 N–H and O–H groups in total. The Bertz CT molecular complexity index is 2870. The standard InChI is InChI=1S/C46H30N4S/c1-5-19-40-33(13-1)34-14-2-6-20-41(34)49(40)31-12-9-11-30(27-31)39-25-26-47-46(48-39)50-42-21-7-3-15-35(42)38-28-29(23-24-43(38)50)32-17-10-18-37-36-16-4-8-22-44(36)51-45(32)37/h1-28,36,44H. The van der Waals surface area contributed by atoms with Gasteiger partial charge in [-0.3, -0.25) is 4.57 Å². The predicted octanol–water partition coefficient (Wildman–Crippen LogP) is 11.7. The topological polar surface area (TPSA) is 35.6 Å². The zero-order valence-electron chi connectivity index (χ0n) is 27.5. The van der Waals surface area contributed by atoms with Crippen molar-refractivity contribution in [2.75, 3.05) is 0 Å². The summed E-state index contributed by atoms with van der Waals surface area (Å²) in [4.78, 5) is 11.5. The highest BCUT2D eigenvalue weighted by Crippen LogP contribution is 2.52. The molecule has 0 saturated heterocycles. The maximum Gasteiger partial charge on any atom is 0.235 e. The predicted molar refractivity (Wildman–Crippen MR) is 212 cm³/mol. The van der Waals surface area contributed by atoms with E-state index in [2.05, 4.69) is 167 Å². The van der Waals surface area contributed by atoms with Crippen LogP contribution in [0.3, 0.4) is 0 Å². The Labute approximate surface area is 299 Å². The Morgan fingerprint density at radius 3 is 2.02 bits per heavy atom. The van der Waals surface area contributed by atoms with Crippen LogP contribution in [0.5, 0.6) is 0 Å². The zero-order chi connectivity index (χ0) is 33.5. The maximum absolute atomic E-state index is 5.23. The summed E-state index contributed by atoms with van der Waals surface area (Å²) < 4.78 is 4.56. The maximum atomic E-state index is 5.23. The summed E-state index contributed by atoms with van der Waals surface area (Å²) in [6.07, 6.45) is 10.9. The van der Waals surface area contributed by atoms with Crippen LogP contribution < -0.4 is 0 Å². The Kier molecular flexibility index (Phi) is 6.28. The number of aromatic nitrogens is 4. The summed E-state index contributed by atoms with van der Waals surface area (Å²) in [5.41, 5.74) is 11.6. The molecular weight excluding hydrogens is 641 g/mol. The molecule has 51 heavy (non-hydrogen) atoms. The van der Waals surface area contributed by atoms with Crippen LogP contribution in [0.15, 0.2) is 175 Å². The van der Waals surface area contributed by atoms with E-state index in [1.165, 1.54) is 54.2 Å². The van der Waals surface area contributed by atoms with Gasteiger partial charge >= 0.3 is 0 Å². The van der Waals surface area contributed by atoms with Gasteiger partial charge in [-0.1, -0.05) is 115 Å². The van der Waals surface area contributed by atoms with Gasteiger partial charge in [0.15, 0.2) is 0 Å². The van der Waals surface area contributed by atoms with E-state index < -0.39 is 0 Å². The molecule has 0 bridgehead atoms. The molecule has 5 heteroatoms. The van der Waals surface area contributed by atoms with Gasteiger partial charge < -0.3 is 4.57 Å². The molecule has 1 aliphatic heterocycles. The lowest BCUT2D eigenvalue weighted by Gasteiger charge is -2.14. The molecule has 0 fully saturated rings. The minimum absolute atomic E-state index is 0.438. The number of hydrogen-bond donors (Lipinski definition) is 0. The molecular formula is C46H30N4S. The molecule has 4 nitrogen and oxygen atoms in total. The van der Waals surface area contributed by atoms with Crippen molar-refractivity contribution >= 4 is 55.4 Å². The largest absolute Gasteiger partial charge is 0.309 e. The van der Waals surface area contributed by atoms with E-state index in [-0.39, 0.29) is 0 Å². The summed E-state index contributed by atoms with van der Waals surface area (Å²) in [7, 11) is 0. The second-order valence-electron chi connectivity index (χ2n) is 13.3. The fourth-order valence-corrected chi connectivity index (χ4v) is 9.75. The highest BCUT2D eigenvalue weighted by Gasteiger charge is 2.32. The summed E-state index contributed by atoms with van der Waals surface area (Å²) in [5, 5.41) is 5.35. The molecule has 0 radical (unpaired) electrons. The van der Waals surface area contributed by atoms with Gasteiger partial charge in [-0.15, -0.1) is 11.8 Å². The van der Waals surface area contributed by atoms with Crippen molar-refractivity contribution in [2.45, 2.75) is 16.1 Å². The Hall–Kier alpha value is -6.17. The zero-order valence-corrected chi connectivity index (χ0v) is 28.3. The second kappa shape index (κ2) is 11.2. The number of thioether (sulfide) groups is 1. The van der Waals surface area contributed by atoms with Crippen LogP contribution in [0.25, 0.3) is 77.6 Å². The molecule has 2 aliphatic rings. The van der Waals surface area contributed by atoms with Crippen LogP contribution in [0, 0.1) is 0 Å². The molecule has 0 amide bonds. The first-order valence-corrected chi connectivity index (χ1v) is 18.3. The molecule has 3 aromatic heterocycles. The molecule has 0 saturated carbocycles. The third-order valence-electron chi connectivity index (χ3n) is 10.5. The lowest BCUT2D eigenvalue weighted by Crippen LogP contribution is -2.06. The molecule has 9 aromatic rings. The highest BCUT2D eigenvalue weighted by molar-refractivity contribution is 8.00. The van der Waals surface area contributed by atoms with Crippen LogP contribution >= 0.6 is 11.8 Å². The van der Waals surface area contributed by atoms with Gasteiger partial charge in [0.05, 0.1) is 27.8 Å². The van der Waals surface area contributed by atoms with Gasteiger partial charge in [-0.25, -0.2) is 9.97 Å². The van der Waals surface area contributed by atoms with Gasteiger partial charge in [0, 0.05) is 55.1 Å². The number of hydrogen-bond acceptors (Lipinski definition) is 3. The lowest BCUT2D eigenvalue weighted by atomic mass is 9.90. The Morgan fingerprint density at radius 1 is 0.529 bits per heavy atom. The minimum Gasteiger partial charge on any atom is -0.309 e. The Balaban J connectivity index is 1.04. The van der Waals surface area contributed by atoms with Gasteiger partial charge in [-0.05, 0) is 65.2 Å². The number of nitrogens with zero attached hydrogens (tertiary/aromatic N) is 4. The van der Waals surface area contributed by atoms with Crippen molar-refractivity contribution in [3.05, 3.63) is 176 Å². The van der Waals surface area contributed by atoms with Gasteiger partial charge in [0.1, 0.15) is 0 Å². The molecule has 2 atom stereocenters. The van der Waals surface area contributed by atoms with E-state index in [0.29, 0.717) is 17.1 Å². The van der Waals surface area contributed by atoms with E-state index >= 15 is 0 Å². The SMILES string of the molecule is C1=CC2Sc3c(-c4ccc5c(c4)c4ccccc4n5-c4nccc(-c5cccc(-n6c7ccccc7c7ccccc76)c5)n4)cccc3C2C=C1. The van der Waals surface area contributed by atoms with Crippen LogP contribution in [0.1, 0.15) is 11.5 Å². The molecule has 2 unspecified atom stereocenters. The number of fused-ring (bicyclic) bond motifs is 9. The average Bonchev–Trinajstić information content (AvgIpc) is 3.86. The third kappa shape index (κ3) is 4.35. The number of rotatable bonds is 4. The minimum atomic E-state index is 0.438. The van der Waals surface area contributed by atoms with Crippen LogP contribution in [0.4, 0.5) is 0 Å². The average molecular weight is 671 g/mol. The smallest absolute Gasteiger partial charge is 0.235 e. The van der Waals surface area contributed by atoms with E-state index in [0.717, 1.165) is 28.0 Å². The summed E-state index contributed by atoms with van der Waals surface area (Å²) in [6.45, 7) is 0. The first-order valence-electron chi connectivity index (χ1n) is 17.4. The van der Waals surface area contributed by atoms with Gasteiger partial charge in [0.25, 0.3) is 0 Å². The van der Waals surface area contributed by atoms with Gasteiger partial charge in [-0.2, -0.15) is 0 Å². The van der Waals surface area contributed by atoms with Crippen molar-refractivity contribution in [1.29, 1.82) is 0 Å². The van der Waals surface area contributed by atoms with Crippen LogP contribution in [0.2, 0.25) is 0 Å². The molecule has 6 aromatic carbocycles. The molecule has 1 aliphatic carbocycles. The molecule has 0 spiro atoms. The third-order valence-corrected chi connectivity index (χ3v) is 12.0. The first kappa shape index (κ1) is 28.6. The van der Waals surface area contributed by atoms with Gasteiger partial charge in [0.2, 0.25) is 5.95 Å². The van der Waals surface area contributed by atoms with Crippen LogP contribution in [-0.4, -0.2) is 24.4 Å².